The zero-order valence-corrected chi connectivity index (χ0v) is 7.35. The third-order valence-corrected chi connectivity index (χ3v) is 1.49. The van der Waals surface area contributed by atoms with Crippen LogP contribution >= 0.6 is 11.7 Å². The minimum atomic E-state index is 0.499. The summed E-state index contributed by atoms with van der Waals surface area (Å²) in [5.74, 6) is 0.999. The molecule has 0 radical (unpaired) electrons. The fraction of sp³-hybridized carbons (Fsp3) is 0.667. The second-order valence-electron chi connectivity index (χ2n) is 1.74. The van der Waals surface area contributed by atoms with Crippen molar-refractivity contribution in [3.63, 3.8) is 0 Å². The van der Waals surface area contributed by atoms with Gasteiger partial charge in [0.05, 0.1) is 24.9 Å². The first kappa shape index (κ1) is 8.26. The van der Waals surface area contributed by atoms with Crippen LogP contribution in [0, 0.1) is 0 Å². The Bertz CT molecular complexity index is 194. The zero-order chi connectivity index (χ0) is 8.10. The van der Waals surface area contributed by atoms with Crippen molar-refractivity contribution >= 4 is 11.7 Å². The van der Waals surface area contributed by atoms with E-state index in [2.05, 4.69) is 8.75 Å². The highest BCUT2D eigenvalue weighted by Crippen LogP contribution is 2.23. The maximum Gasteiger partial charge on any atom is 0.291 e. The molecule has 1 heterocycles. The Morgan fingerprint density at radius 2 is 1.55 bits per heavy atom. The number of hydrogen-bond donors (Lipinski definition) is 0. The van der Waals surface area contributed by atoms with Crippen LogP contribution in [-0.2, 0) is 0 Å². The van der Waals surface area contributed by atoms with Gasteiger partial charge in [-0.05, 0) is 13.8 Å². The van der Waals surface area contributed by atoms with E-state index in [1.165, 1.54) is 0 Å². The lowest BCUT2D eigenvalue weighted by atomic mass is 10.7. The second kappa shape index (κ2) is 4.12. The quantitative estimate of drug-likeness (QED) is 0.690. The first-order valence-corrected chi connectivity index (χ1v) is 4.19. The van der Waals surface area contributed by atoms with Crippen LogP contribution in [0.5, 0.6) is 11.8 Å². The molecule has 1 aromatic heterocycles. The fourth-order valence-electron chi connectivity index (χ4n) is 0.622. The Balaban J connectivity index is 2.62. The summed E-state index contributed by atoms with van der Waals surface area (Å²) in [5, 5.41) is 0. The molecule has 0 unspecified atom stereocenters. The van der Waals surface area contributed by atoms with Crippen LogP contribution in [0.1, 0.15) is 13.8 Å². The van der Waals surface area contributed by atoms with Crippen molar-refractivity contribution in [2.75, 3.05) is 13.2 Å². The van der Waals surface area contributed by atoms with E-state index in [0.29, 0.717) is 25.0 Å². The summed E-state index contributed by atoms with van der Waals surface area (Å²) in [6.45, 7) is 4.97. The number of nitrogens with zero attached hydrogens (tertiary/aromatic N) is 2. The minimum absolute atomic E-state index is 0.499. The largest absolute Gasteiger partial charge is 0.473 e. The summed E-state index contributed by atoms with van der Waals surface area (Å²) < 4.78 is 18.1. The molecule has 1 aromatic rings. The van der Waals surface area contributed by atoms with E-state index < -0.39 is 0 Å². The molecule has 0 saturated carbocycles. The van der Waals surface area contributed by atoms with Gasteiger partial charge in [0.2, 0.25) is 0 Å². The number of aromatic nitrogens is 2. The molecule has 4 nitrogen and oxygen atoms in total. The number of hydrogen-bond acceptors (Lipinski definition) is 5. The van der Waals surface area contributed by atoms with Crippen LogP contribution < -0.4 is 9.47 Å². The van der Waals surface area contributed by atoms with Gasteiger partial charge in [-0.3, -0.25) is 0 Å². The Morgan fingerprint density at radius 1 is 1.09 bits per heavy atom. The number of ether oxygens (including phenoxy) is 2. The first-order chi connectivity index (χ1) is 5.38. The highest BCUT2D eigenvalue weighted by molar-refractivity contribution is 6.99. The van der Waals surface area contributed by atoms with Crippen LogP contribution in [0.4, 0.5) is 0 Å². The molecule has 62 valence electrons. The molecule has 0 fully saturated rings. The average molecular weight is 174 g/mol. The molecule has 0 atom stereocenters. The molecule has 5 heteroatoms. The lowest BCUT2D eigenvalue weighted by Crippen LogP contribution is -1.97. The van der Waals surface area contributed by atoms with Crippen molar-refractivity contribution in [2.24, 2.45) is 0 Å². The average Bonchev–Trinajstić information content (AvgIpc) is 2.39. The maximum absolute atomic E-state index is 5.14. The monoisotopic (exact) mass is 174 g/mol. The van der Waals surface area contributed by atoms with Crippen molar-refractivity contribution < 1.29 is 9.47 Å². The van der Waals surface area contributed by atoms with E-state index in [9.17, 15) is 0 Å². The van der Waals surface area contributed by atoms with Crippen molar-refractivity contribution in [2.45, 2.75) is 13.8 Å². The van der Waals surface area contributed by atoms with E-state index in [0.717, 1.165) is 11.7 Å². The van der Waals surface area contributed by atoms with E-state index in [-0.39, 0.29) is 0 Å². The third kappa shape index (κ3) is 2.04. The smallest absolute Gasteiger partial charge is 0.291 e. The molecule has 1 rings (SSSR count). The van der Waals surface area contributed by atoms with Gasteiger partial charge in [-0.25, -0.2) is 0 Å². The predicted octanol–water partition coefficient (Wildman–Crippen LogP) is 1.34. The molecule has 11 heavy (non-hydrogen) atoms. The normalized spacial score (nSPS) is 9.64. The van der Waals surface area contributed by atoms with Crippen molar-refractivity contribution in [3.05, 3.63) is 0 Å². The summed E-state index contributed by atoms with van der Waals surface area (Å²) in [6, 6.07) is 0. The Kier molecular flexibility index (Phi) is 3.10. The van der Waals surface area contributed by atoms with Gasteiger partial charge in [-0.1, -0.05) is 0 Å². The SMILES string of the molecule is CCOc1nsnc1OCC. The van der Waals surface area contributed by atoms with E-state index in [1.807, 2.05) is 13.8 Å². The highest BCUT2D eigenvalue weighted by Gasteiger charge is 2.08. The molecule has 0 bridgehead atoms. The summed E-state index contributed by atoms with van der Waals surface area (Å²) in [7, 11) is 0. The molecular formula is C6H10N2O2S. The van der Waals surface area contributed by atoms with Gasteiger partial charge in [0, 0.05) is 0 Å². The summed E-state index contributed by atoms with van der Waals surface area (Å²) in [5.41, 5.74) is 0. The summed E-state index contributed by atoms with van der Waals surface area (Å²) in [4.78, 5) is 0. The molecule has 0 N–H and O–H groups in total. The molecule has 0 saturated heterocycles. The lowest BCUT2D eigenvalue weighted by molar-refractivity contribution is 0.276. The predicted molar refractivity (Wildman–Crippen MR) is 42.2 cm³/mol. The Labute approximate surface area is 69.5 Å². The standard InChI is InChI=1S/C6H10N2O2S/c1-3-9-5-6(10-4-2)8-11-7-5/h3-4H2,1-2H3. The fourth-order valence-corrected chi connectivity index (χ4v) is 1.07. The first-order valence-electron chi connectivity index (χ1n) is 3.46. The minimum Gasteiger partial charge on any atom is -0.473 e. The van der Waals surface area contributed by atoms with Gasteiger partial charge < -0.3 is 9.47 Å². The Hall–Kier alpha value is -0.840. The zero-order valence-electron chi connectivity index (χ0n) is 6.53. The van der Waals surface area contributed by atoms with Crippen molar-refractivity contribution in [3.8, 4) is 11.8 Å². The topological polar surface area (TPSA) is 44.2 Å². The third-order valence-electron chi connectivity index (χ3n) is 0.993. The molecule has 0 amide bonds. The van der Waals surface area contributed by atoms with Crippen LogP contribution in [0.15, 0.2) is 0 Å². The van der Waals surface area contributed by atoms with E-state index in [4.69, 9.17) is 9.47 Å². The molecule has 0 aromatic carbocycles. The van der Waals surface area contributed by atoms with Crippen LogP contribution in [0.2, 0.25) is 0 Å². The Morgan fingerprint density at radius 3 is 1.91 bits per heavy atom. The van der Waals surface area contributed by atoms with Gasteiger partial charge in [0.1, 0.15) is 0 Å². The maximum atomic E-state index is 5.14. The van der Waals surface area contributed by atoms with Gasteiger partial charge in [0.15, 0.2) is 0 Å². The number of rotatable bonds is 4. The molecule has 0 aliphatic rings. The van der Waals surface area contributed by atoms with Gasteiger partial charge in [-0.15, -0.1) is 8.75 Å². The molecule has 0 spiro atoms. The van der Waals surface area contributed by atoms with Gasteiger partial charge in [0.25, 0.3) is 11.8 Å². The van der Waals surface area contributed by atoms with Crippen molar-refractivity contribution in [1.29, 1.82) is 0 Å². The molecule has 0 aliphatic carbocycles. The summed E-state index contributed by atoms with van der Waals surface area (Å²) >= 11 is 1.10. The van der Waals surface area contributed by atoms with Crippen LogP contribution in [0.25, 0.3) is 0 Å². The van der Waals surface area contributed by atoms with Crippen LogP contribution in [0.3, 0.4) is 0 Å². The lowest BCUT2D eigenvalue weighted by Gasteiger charge is -2.00. The summed E-state index contributed by atoms with van der Waals surface area (Å²) in [6.07, 6.45) is 0. The van der Waals surface area contributed by atoms with Crippen LogP contribution in [-0.4, -0.2) is 22.0 Å². The van der Waals surface area contributed by atoms with Gasteiger partial charge in [-0.2, -0.15) is 0 Å². The molecular weight excluding hydrogens is 164 g/mol. The highest BCUT2D eigenvalue weighted by atomic mass is 32.1. The van der Waals surface area contributed by atoms with Crippen molar-refractivity contribution in [1.82, 2.24) is 8.75 Å². The van der Waals surface area contributed by atoms with E-state index in [1.54, 1.807) is 0 Å². The molecule has 0 aliphatic heterocycles. The second-order valence-corrected chi connectivity index (χ2v) is 2.27. The van der Waals surface area contributed by atoms with E-state index >= 15 is 0 Å². The van der Waals surface area contributed by atoms with Gasteiger partial charge >= 0.3 is 0 Å².